The van der Waals surface area contributed by atoms with Gasteiger partial charge in [0, 0.05) is 42.8 Å². The number of aromatic hydroxyl groups is 1. The molecule has 26 heavy (non-hydrogen) atoms. The normalized spacial score (nSPS) is 21.8. The van der Waals surface area contributed by atoms with Gasteiger partial charge >= 0.3 is 0 Å². The molecular formula is C20H25N3O3. The van der Waals surface area contributed by atoms with Gasteiger partial charge in [-0.05, 0) is 50.8 Å². The van der Waals surface area contributed by atoms with Crippen molar-refractivity contribution in [1.82, 2.24) is 15.1 Å². The third kappa shape index (κ3) is 2.39. The molecule has 0 unspecified atom stereocenters. The minimum Gasteiger partial charge on any atom is -0.507 e. The molecule has 2 N–H and O–H groups in total. The van der Waals surface area contributed by atoms with Crippen molar-refractivity contribution in [1.29, 1.82) is 0 Å². The molecule has 0 bridgehead atoms. The van der Waals surface area contributed by atoms with Gasteiger partial charge in [-0.2, -0.15) is 5.10 Å². The number of phenols is 1. The highest BCUT2D eigenvalue weighted by molar-refractivity contribution is 5.86. The van der Waals surface area contributed by atoms with Gasteiger partial charge < -0.3 is 14.7 Å². The van der Waals surface area contributed by atoms with Crippen LogP contribution in [0.15, 0.2) is 6.20 Å². The first-order valence-electron chi connectivity index (χ1n) is 9.13. The monoisotopic (exact) mass is 355 g/mol. The fourth-order valence-electron chi connectivity index (χ4n) is 4.13. The SMILES string of the molecule is Cc1c(C)c2c(c(C)c1O)CC[C@](C)(C(=O)N1CCc3[nH]ncc3C1)O2. The summed E-state index contributed by atoms with van der Waals surface area (Å²) in [5.74, 6) is 1.13. The number of aromatic nitrogens is 2. The molecule has 1 aromatic carbocycles. The maximum Gasteiger partial charge on any atom is 0.266 e. The third-order valence-electron chi connectivity index (χ3n) is 6.06. The van der Waals surface area contributed by atoms with Gasteiger partial charge in [-0.1, -0.05) is 0 Å². The first-order chi connectivity index (χ1) is 12.3. The van der Waals surface area contributed by atoms with Gasteiger partial charge in [0.25, 0.3) is 5.91 Å². The third-order valence-corrected chi connectivity index (χ3v) is 6.06. The number of carbonyl (C=O) groups is 1. The van der Waals surface area contributed by atoms with E-state index in [4.69, 9.17) is 4.74 Å². The van der Waals surface area contributed by atoms with Crippen molar-refractivity contribution in [3.05, 3.63) is 39.7 Å². The number of fused-ring (bicyclic) bond motifs is 2. The highest BCUT2D eigenvalue weighted by Crippen LogP contribution is 2.43. The van der Waals surface area contributed by atoms with Crippen molar-refractivity contribution >= 4 is 5.91 Å². The van der Waals surface area contributed by atoms with Crippen LogP contribution >= 0.6 is 0 Å². The van der Waals surface area contributed by atoms with Crippen LogP contribution in [-0.2, 0) is 24.2 Å². The number of hydrogen-bond acceptors (Lipinski definition) is 4. The van der Waals surface area contributed by atoms with Crippen LogP contribution in [0.5, 0.6) is 11.5 Å². The first-order valence-corrected chi connectivity index (χ1v) is 9.13. The van der Waals surface area contributed by atoms with Crippen LogP contribution in [0, 0.1) is 20.8 Å². The molecule has 2 aliphatic heterocycles. The van der Waals surface area contributed by atoms with Gasteiger partial charge in [0.05, 0.1) is 6.20 Å². The van der Waals surface area contributed by atoms with E-state index in [9.17, 15) is 9.90 Å². The summed E-state index contributed by atoms with van der Waals surface area (Å²) in [6.07, 6.45) is 3.92. The summed E-state index contributed by atoms with van der Waals surface area (Å²) in [6, 6.07) is 0. The molecule has 3 heterocycles. The van der Waals surface area contributed by atoms with Gasteiger partial charge in [0.2, 0.25) is 0 Å². The molecule has 2 aromatic rings. The second-order valence-electron chi connectivity index (χ2n) is 7.71. The number of benzene rings is 1. The highest BCUT2D eigenvalue weighted by Gasteiger charge is 2.43. The number of phenolic OH excluding ortho intramolecular Hbond substituents is 1. The van der Waals surface area contributed by atoms with Gasteiger partial charge in [0.15, 0.2) is 5.60 Å². The summed E-state index contributed by atoms with van der Waals surface area (Å²) < 4.78 is 6.33. The Morgan fingerprint density at radius 1 is 1.27 bits per heavy atom. The summed E-state index contributed by atoms with van der Waals surface area (Å²) in [7, 11) is 0. The number of H-pyrrole nitrogens is 1. The summed E-state index contributed by atoms with van der Waals surface area (Å²) in [5.41, 5.74) is 4.93. The van der Waals surface area contributed by atoms with Crippen LogP contribution < -0.4 is 4.74 Å². The Morgan fingerprint density at radius 2 is 2.04 bits per heavy atom. The smallest absolute Gasteiger partial charge is 0.266 e. The van der Waals surface area contributed by atoms with Crippen LogP contribution in [0.4, 0.5) is 0 Å². The summed E-state index contributed by atoms with van der Waals surface area (Å²) in [6.45, 7) is 8.89. The molecule has 0 aliphatic carbocycles. The molecule has 1 aromatic heterocycles. The lowest BCUT2D eigenvalue weighted by Crippen LogP contribution is -2.53. The second kappa shape index (κ2) is 5.76. The molecule has 6 nitrogen and oxygen atoms in total. The topological polar surface area (TPSA) is 78.5 Å². The Hall–Kier alpha value is -2.50. The molecule has 6 heteroatoms. The van der Waals surface area contributed by atoms with E-state index >= 15 is 0 Å². The molecule has 2 aliphatic rings. The molecule has 0 spiro atoms. The van der Waals surface area contributed by atoms with Crippen LogP contribution in [0.2, 0.25) is 0 Å². The number of hydrogen-bond donors (Lipinski definition) is 2. The summed E-state index contributed by atoms with van der Waals surface area (Å²) in [5, 5.41) is 17.4. The first kappa shape index (κ1) is 16.9. The van der Waals surface area contributed by atoms with Gasteiger partial charge in [-0.15, -0.1) is 0 Å². The fourth-order valence-corrected chi connectivity index (χ4v) is 4.13. The van der Waals surface area contributed by atoms with E-state index in [-0.39, 0.29) is 5.91 Å². The molecule has 0 saturated carbocycles. The van der Waals surface area contributed by atoms with E-state index in [1.165, 1.54) is 0 Å². The Labute approximate surface area is 153 Å². The number of nitrogens with zero attached hydrogens (tertiary/aromatic N) is 2. The maximum atomic E-state index is 13.3. The average Bonchev–Trinajstić information content (AvgIpc) is 3.11. The van der Waals surface area contributed by atoms with E-state index in [1.807, 2.05) is 32.6 Å². The second-order valence-corrected chi connectivity index (χ2v) is 7.71. The molecule has 1 atom stereocenters. The highest BCUT2D eigenvalue weighted by atomic mass is 16.5. The van der Waals surface area contributed by atoms with Crippen molar-refractivity contribution in [3.63, 3.8) is 0 Å². The molecule has 0 fully saturated rings. The van der Waals surface area contributed by atoms with Crippen molar-refractivity contribution in [2.24, 2.45) is 0 Å². The predicted octanol–water partition coefficient (Wildman–Crippen LogP) is 2.71. The molecular weight excluding hydrogens is 330 g/mol. The lowest BCUT2D eigenvalue weighted by atomic mass is 9.86. The Kier molecular flexibility index (Phi) is 3.75. The minimum absolute atomic E-state index is 0.0257. The van der Waals surface area contributed by atoms with Crippen molar-refractivity contribution in [3.8, 4) is 11.5 Å². The molecule has 4 rings (SSSR count). The van der Waals surface area contributed by atoms with E-state index in [1.54, 1.807) is 6.20 Å². The van der Waals surface area contributed by atoms with Crippen LogP contribution in [0.25, 0.3) is 0 Å². The summed E-state index contributed by atoms with van der Waals surface area (Å²) in [4.78, 5) is 15.2. The number of ether oxygens (including phenoxy) is 1. The van der Waals surface area contributed by atoms with E-state index < -0.39 is 5.60 Å². The fraction of sp³-hybridized carbons (Fsp3) is 0.500. The average molecular weight is 355 g/mol. The van der Waals surface area contributed by atoms with Crippen molar-refractivity contribution < 1.29 is 14.6 Å². The largest absolute Gasteiger partial charge is 0.507 e. The van der Waals surface area contributed by atoms with Crippen LogP contribution in [-0.4, -0.2) is 38.3 Å². The quantitative estimate of drug-likeness (QED) is 0.824. The lowest BCUT2D eigenvalue weighted by molar-refractivity contribution is -0.149. The van der Waals surface area contributed by atoms with Crippen molar-refractivity contribution in [2.75, 3.05) is 6.54 Å². The van der Waals surface area contributed by atoms with Crippen LogP contribution in [0.3, 0.4) is 0 Å². The zero-order valence-corrected chi connectivity index (χ0v) is 15.8. The number of carbonyl (C=O) groups excluding carboxylic acids is 1. The zero-order valence-electron chi connectivity index (χ0n) is 15.8. The number of rotatable bonds is 1. The molecule has 0 saturated heterocycles. The number of aromatic amines is 1. The minimum atomic E-state index is -0.880. The molecule has 1 amide bonds. The van der Waals surface area contributed by atoms with Gasteiger partial charge in [-0.3, -0.25) is 9.89 Å². The van der Waals surface area contributed by atoms with Gasteiger partial charge in [-0.25, -0.2) is 0 Å². The van der Waals surface area contributed by atoms with E-state index in [2.05, 4.69) is 10.2 Å². The zero-order chi connectivity index (χ0) is 18.6. The Morgan fingerprint density at radius 3 is 2.81 bits per heavy atom. The van der Waals surface area contributed by atoms with Gasteiger partial charge in [0.1, 0.15) is 11.5 Å². The summed E-state index contributed by atoms with van der Waals surface area (Å²) >= 11 is 0. The lowest BCUT2D eigenvalue weighted by Gasteiger charge is -2.40. The predicted molar refractivity (Wildman–Crippen MR) is 97.4 cm³/mol. The standard InChI is InChI=1S/C20H25N3O3/c1-11-12(2)18-15(13(3)17(11)24)5-7-20(4,26-18)19(25)23-8-6-16-14(10-23)9-21-22-16/h9,24H,5-8,10H2,1-4H3,(H,21,22)/t20-/m1/s1. The Bertz CT molecular complexity index is 902. The Balaban J connectivity index is 1.64. The maximum absolute atomic E-state index is 13.3. The molecule has 0 radical (unpaired) electrons. The molecule has 138 valence electrons. The van der Waals surface area contributed by atoms with Crippen molar-refractivity contribution in [2.45, 2.75) is 59.1 Å². The van der Waals surface area contributed by atoms with E-state index in [0.717, 1.165) is 52.1 Å². The van der Waals surface area contributed by atoms with Crippen LogP contribution in [0.1, 0.15) is 46.9 Å². The number of nitrogens with one attached hydrogen (secondary N) is 1. The number of amides is 1. The van der Waals surface area contributed by atoms with E-state index in [0.29, 0.717) is 25.3 Å².